The van der Waals surface area contributed by atoms with E-state index in [1.807, 2.05) is 0 Å². The molecular formula is C15H19ClO2. The van der Waals surface area contributed by atoms with Crippen molar-refractivity contribution >= 4 is 17.4 Å². The first-order valence-electron chi connectivity index (χ1n) is 6.42. The number of hydrogen-bond acceptors (Lipinski definition) is 2. The predicted octanol–water partition coefficient (Wildman–Crippen LogP) is 3.67. The number of carbonyl (C=O) groups excluding carboxylic acids is 1. The van der Waals surface area contributed by atoms with E-state index < -0.39 is 0 Å². The van der Waals surface area contributed by atoms with Crippen molar-refractivity contribution < 1.29 is 9.53 Å². The first-order valence-corrected chi connectivity index (χ1v) is 6.80. The van der Waals surface area contributed by atoms with Gasteiger partial charge in [0.25, 0.3) is 0 Å². The summed E-state index contributed by atoms with van der Waals surface area (Å²) >= 11 is 6.45. The fourth-order valence-corrected chi connectivity index (χ4v) is 3.26. The molecule has 0 aromatic heterocycles. The topological polar surface area (TPSA) is 26.3 Å². The zero-order valence-electron chi connectivity index (χ0n) is 11.2. The highest BCUT2D eigenvalue weighted by Gasteiger charge is 2.23. The Bertz CT molecular complexity index is 492. The maximum atomic E-state index is 11.4. The summed E-state index contributed by atoms with van der Waals surface area (Å²) < 4.78 is 5.44. The van der Waals surface area contributed by atoms with Crippen molar-refractivity contribution in [1.82, 2.24) is 0 Å². The van der Waals surface area contributed by atoms with E-state index in [9.17, 15) is 4.79 Å². The van der Waals surface area contributed by atoms with Crippen LogP contribution in [0.1, 0.15) is 42.0 Å². The Kier molecular flexibility index (Phi) is 3.96. The predicted molar refractivity (Wildman–Crippen MR) is 73.8 cm³/mol. The van der Waals surface area contributed by atoms with Gasteiger partial charge in [-0.25, -0.2) is 0 Å². The summed E-state index contributed by atoms with van der Waals surface area (Å²) in [6, 6.07) is 0. The van der Waals surface area contributed by atoms with Gasteiger partial charge in [-0.05, 0) is 56.2 Å². The smallest absolute Gasteiger partial charge is 0.141 e. The number of ether oxygens (including phenoxy) is 1. The molecular weight excluding hydrogens is 248 g/mol. The second-order valence-corrected chi connectivity index (χ2v) is 5.37. The molecule has 0 N–H and O–H groups in total. The van der Waals surface area contributed by atoms with Crippen LogP contribution in [-0.4, -0.2) is 12.9 Å². The second-order valence-electron chi connectivity index (χ2n) is 4.99. The van der Waals surface area contributed by atoms with Gasteiger partial charge in [0, 0.05) is 12.0 Å². The number of methoxy groups -OCH3 is 1. The van der Waals surface area contributed by atoms with Gasteiger partial charge in [0.1, 0.15) is 11.5 Å². The van der Waals surface area contributed by atoms with Crippen LogP contribution in [0, 0.1) is 6.92 Å². The van der Waals surface area contributed by atoms with Gasteiger partial charge in [-0.2, -0.15) is 0 Å². The van der Waals surface area contributed by atoms with Crippen LogP contribution in [0.25, 0.3) is 0 Å². The van der Waals surface area contributed by atoms with E-state index >= 15 is 0 Å². The molecule has 1 aliphatic rings. The summed E-state index contributed by atoms with van der Waals surface area (Å²) in [7, 11) is 1.62. The maximum Gasteiger partial charge on any atom is 0.141 e. The van der Waals surface area contributed by atoms with Gasteiger partial charge in [-0.15, -0.1) is 0 Å². The van der Waals surface area contributed by atoms with E-state index in [1.165, 1.54) is 29.5 Å². The summed E-state index contributed by atoms with van der Waals surface area (Å²) in [5.74, 6) is 0.841. The zero-order valence-corrected chi connectivity index (χ0v) is 12.0. The molecule has 18 heavy (non-hydrogen) atoms. The lowest BCUT2D eigenvalue weighted by atomic mass is 9.85. The third-order valence-corrected chi connectivity index (χ3v) is 4.14. The first kappa shape index (κ1) is 13.4. The SMILES string of the molecule is COc1c(Cl)c2c(c(C)c1CC(C)=O)CCCC2. The molecule has 0 unspecified atom stereocenters. The molecule has 0 bridgehead atoms. The largest absolute Gasteiger partial charge is 0.495 e. The van der Waals surface area contributed by atoms with Gasteiger partial charge in [-0.1, -0.05) is 11.6 Å². The van der Waals surface area contributed by atoms with E-state index in [2.05, 4.69) is 6.92 Å². The molecule has 2 nitrogen and oxygen atoms in total. The fourth-order valence-electron chi connectivity index (χ4n) is 2.86. The normalized spacial score (nSPS) is 14.2. The van der Waals surface area contributed by atoms with Crippen LogP contribution in [0.4, 0.5) is 0 Å². The quantitative estimate of drug-likeness (QED) is 0.834. The van der Waals surface area contributed by atoms with Crippen LogP contribution in [-0.2, 0) is 24.1 Å². The highest BCUT2D eigenvalue weighted by molar-refractivity contribution is 6.33. The second kappa shape index (κ2) is 5.31. The van der Waals surface area contributed by atoms with E-state index in [-0.39, 0.29) is 5.78 Å². The standard InChI is InChI=1S/C15H19ClO2/c1-9(17)8-13-10(2)11-6-4-5-7-12(11)14(16)15(13)18-3/h4-8H2,1-3H3. The summed E-state index contributed by atoms with van der Waals surface area (Å²) in [4.78, 5) is 11.4. The van der Waals surface area contributed by atoms with E-state index in [0.29, 0.717) is 17.2 Å². The molecule has 0 aliphatic heterocycles. The Morgan fingerprint density at radius 1 is 1.28 bits per heavy atom. The first-order chi connectivity index (χ1) is 8.56. The number of rotatable bonds is 3. The molecule has 98 valence electrons. The highest BCUT2D eigenvalue weighted by atomic mass is 35.5. The van der Waals surface area contributed by atoms with Crippen molar-refractivity contribution in [2.24, 2.45) is 0 Å². The van der Waals surface area contributed by atoms with Crippen LogP contribution in [0.2, 0.25) is 5.02 Å². The van der Waals surface area contributed by atoms with Crippen molar-refractivity contribution in [3.63, 3.8) is 0 Å². The number of hydrogen-bond donors (Lipinski definition) is 0. The molecule has 0 saturated heterocycles. The van der Waals surface area contributed by atoms with E-state index in [1.54, 1.807) is 14.0 Å². The van der Waals surface area contributed by atoms with Gasteiger partial charge in [0.2, 0.25) is 0 Å². The maximum absolute atomic E-state index is 11.4. The van der Waals surface area contributed by atoms with Gasteiger partial charge >= 0.3 is 0 Å². The molecule has 3 heteroatoms. The van der Waals surface area contributed by atoms with Crippen LogP contribution in [0.5, 0.6) is 5.75 Å². The Morgan fingerprint density at radius 2 is 1.89 bits per heavy atom. The van der Waals surface area contributed by atoms with Crippen molar-refractivity contribution in [2.45, 2.75) is 46.0 Å². The van der Waals surface area contributed by atoms with Gasteiger partial charge in [-0.3, -0.25) is 4.79 Å². The summed E-state index contributed by atoms with van der Waals surface area (Å²) in [6.45, 7) is 3.69. The van der Waals surface area contributed by atoms with Gasteiger partial charge in [0.15, 0.2) is 0 Å². The Morgan fingerprint density at radius 3 is 2.44 bits per heavy atom. The molecule has 0 saturated carbocycles. The number of halogens is 1. The number of carbonyl (C=O) groups is 1. The number of Topliss-reactive ketones (excluding diaryl/α,β-unsaturated/α-hetero) is 1. The zero-order chi connectivity index (χ0) is 13.3. The van der Waals surface area contributed by atoms with Crippen LogP contribution in [0.3, 0.4) is 0 Å². The van der Waals surface area contributed by atoms with Gasteiger partial charge in [0.05, 0.1) is 12.1 Å². The summed E-state index contributed by atoms with van der Waals surface area (Å²) in [5, 5.41) is 0.717. The lowest BCUT2D eigenvalue weighted by Gasteiger charge is -2.24. The molecule has 0 spiro atoms. The average molecular weight is 267 g/mol. The lowest BCUT2D eigenvalue weighted by molar-refractivity contribution is -0.116. The molecule has 1 aromatic carbocycles. The van der Waals surface area contributed by atoms with Crippen molar-refractivity contribution in [3.05, 3.63) is 27.3 Å². The minimum Gasteiger partial charge on any atom is -0.495 e. The average Bonchev–Trinajstić information content (AvgIpc) is 2.36. The molecule has 0 amide bonds. The third-order valence-electron chi connectivity index (χ3n) is 3.74. The van der Waals surface area contributed by atoms with E-state index in [0.717, 1.165) is 18.4 Å². The molecule has 0 heterocycles. The molecule has 2 rings (SSSR count). The van der Waals surface area contributed by atoms with Crippen LogP contribution in [0.15, 0.2) is 0 Å². The minimum absolute atomic E-state index is 0.142. The molecule has 1 aromatic rings. The summed E-state index contributed by atoms with van der Waals surface area (Å²) in [6.07, 6.45) is 4.88. The van der Waals surface area contributed by atoms with Crippen molar-refractivity contribution in [1.29, 1.82) is 0 Å². The molecule has 1 aliphatic carbocycles. The molecule has 0 atom stereocenters. The molecule has 0 radical (unpaired) electrons. The Labute approximate surface area is 113 Å². The number of ketones is 1. The van der Waals surface area contributed by atoms with Crippen molar-refractivity contribution in [2.75, 3.05) is 7.11 Å². The minimum atomic E-state index is 0.142. The lowest BCUT2D eigenvalue weighted by Crippen LogP contribution is -2.12. The van der Waals surface area contributed by atoms with Crippen molar-refractivity contribution in [3.8, 4) is 5.75 Å². The Hall–Kier alpha value is -1.02. The Balaban J connectivity index is 2.64. The highest BCUT2D eigenvalue weighted by Crippen LogP contribution is 2.41. The summed E-state index contributed by atoms with van der Waals surface area (Å²) in [5.41, 5.74) is 4.73. The molecule has 0 fully saturated rings. The monoisotopic (exact) mass is 266 g/mol. The third kappa shape index (κ3) is 2.26. The van der Waals surface area contributed by atoms with E-state index in [4.69, 9.17) is 16.3 Å². The number of fused-ring (bicyclic) bond motifs is 1. The van der Waals surface area contributed by atoms with Crippen LogP contribution < -0.4 is 4.74 Å². The van der Waals surface area contributed by atoms with Gasteiger partial charge < -0.3 is 4.74 Å². The number of benzene rings is 1. The van der Waals surface area contributed by atoms with Crippen LogP contribution >= 0.6 is 11.6 Å². The fraction of sp³-hybridized carbons (Fsp3) is 0.533.